The Kier molecular flexibility index (Phi) is 6.75. The third-order valence-corrected chi connectivity index (χ3v) is 4.91. The summed E-state index contributed by atoms with van der Waals surface area (Å²) >= 11 is 0. The van der Waals surface area contributed by atoms with Crippen LogP contribution in [-0.2, 0) is 19.4 Å². The lowest BCUT2D eigenvalue weighted by atomic mass is 10.0. The van der Waals surface area contributed by atoms with Crippen LogP contribution in [0.1, 0.15) is 67.1 Å². The minimum absolute atomic E-state index is 0.261. The van der Waals surface area contributed by atoms with Crippen LogP contribution >= 0.6 is 0 Å². The maximum absolute atomic E-state index is 11.4. The minimum Gasteiger partial charge on any atom is -0.478 e. The van der Waals surface area contributed by atoms with Crippen LogP contribution < -0.4 is 0 Å². The van der Waals surface area contributed by atoms with Crippen LogP contribution in [0, 0.1) is 0 Å². The van der Waals surface area contributed by atoms with E-state index in [2.05, 4.69) is 25.8 Å². The van der Waals surface area contributed by atoms with Crippen LogP contribution in [0.15, 0.2) is 42.6 Å². The summed E-state index contributed by atoms with van der Waals surface area (Å²) in [6, 6.07) is 10.8. The summed E-state index contributed by atoms with van der Waals surface area (Å²) in [6.45, 7) is 7.16. The molecule has 0 unspecified atom stereocenters. The van der Waals surface area contributed by atoms with Crippen LogP contribution in [0.2, 0.25) is 0 Å². The Morgan fingerprint density at radius 1 is 1.14 bits per heavy atom. The summed E-state index contributed by atoms with van der Waals surface area (Å²) in [4.78, 5) is 20.7. The highest BCUT2D eigenvalue weighted by Crippen LogP contribution is 2.22. The quantitative estimate of drug-likeness (QED) is 0.568. The number of pyridine rings is 1. The maximum Gasteiger partial charge on any atom is 0.336 e. The second kappa shape index (κ2) is 9.45. The third kappa shape index (κ3) is 5.08. The monoisotopic (exact) mass is 392 g/mol. The molecular formula is C23H28N4O2. The molecule has 1 N–H and O–H groups in total. The number of carboxylic acid groups (broad SMARTS) is 1. The summed E-state index contributed by atoms with van der Waals surface area (Å²) < 4.78 is 2.03. The molecule has 0 amide bonds. The molecule has 3 rings (SSSR count). The second-order valence-electron chi connectivity index (χ2n) is 7.52. The molecule has 0 radical (unpaired) electrons. The topological polar surface area (TPSA) is 80.9 Å². The van der Waals surface area contributed by atoms with Gasteiger partial charge in [0, 0.05) is 30.6 Å². The number of hydrogen-bond donors (Lipinski definition) is 1. The highest BCUT2D eigenvalue weighted by molar-refractivity contribution is 5.95. The van der Waals surface area contributed by atoms with Crippen LogP contribution in [-0.4, -0.2) is 30.8 Å². The van der Waals surface area contributed by atoms with Gasteiger partial charge >= 0.3 is 5.97 Å². The van der Waals surface area contributed by atoms with Crippen LogP contribution in [0.25, 0.3) is 11.3 Å². The lowest BCUT2D eigenvalue weighted by Crippen LogP contribution is -2.08. The first-order valence-electron chi connectivity index (χ1n) is 10.2. The molecule has 0 atom stereocenters. The van der Waals surface area contributed by atoms with E-state index < -0.39 is 5.97 Å². The molecule has 0 saturated heterocycles. The number of nitrogens with zero attached hydrogens (tertiary/aromatic N) is 4. The molecule has 2 heterocycles. The zero-order valence-corrected chi connectivity index (χ0v) is 17.3. The highest BCUT2D eigenvalue weighted by Gasteiger charge is 2.14. The zero-order chi connectivity index (χ0) is 20.8. The zero-order valence-electron chi connectivity index (χ0n) is 17.3. The number of carboxylic acids is 1. The highest BCUT2D eigenvalue weighted by atomic mass is 16.4. The smallest absolute Gasteiger partial charge is 0.336 e. The Hall–Kier alpha value is -3.02. The van der Waals surface area contributed by atoms with E-state index >= 15 is 0 Å². The van der Waals surface area contributed by atoms with Gasteiger partial charge in [-0.3, -0.25) is 4.98 Å². The average Bonchev–Trinajstić information content (AvgIpc) is 3.14. The molecule has 0 fully saturated rings. The van der Waals surface area contributed by atoms with Gasteiger partial charge in [0.05, 0.1) is 11.3 Å². The fourth-order valence-electron chi connectivity index (χ4n) is 3.20. The SMILES string of the molecule is CCCCc1nc(C(C)C)nn1CCc1ccc(-c2ccccc2C(=O)O)nc1. The predicted molar refractivity (Wildman–Crippen MR) is 113 cm³/mol. The lowest BCUT2D eigenvalue weighted by Gasteiger charge is -2.08. The van der Waals surface area contributed by atoms with Crippen LogP contribution in [0.3, 0.4) is 0 Å². The third-order valence-electron chi connectivity index (χ3n) is 4.91. The van der Waals surface area contributed by atoms with Crippen molar-refractivity contribution in [2.24, 2.45) is 0 Å². The fraction of sp³-hybridized carbons (Fsp3) is 0.391. The first-order valence-corrected chi connectivity index (χ1v) is 10.2. The number of hydrogen-bond acceptors (Lipinski definition) is 4. The molecule has 3 aromatic rings. The van der Waals surface area contributed by atoms with E-state index in [-0.39, 0.29) is 5.56 Å². The second-order valence-corrected chi connectivity index (χ2v) is 7.52. The summed E-state index contributed by atoms with van der Waals surface area (Å²) in [6.07, 6.45) is 5.80. The number of benzene rings is 1. The fourth-order valence-corrected chi connectivity index (χ4v) is 3.20. The van der Waals surface area contributed by atoms with Crippen molar-refractivity contribution in [2.75, 3.05) is 0 Å². The molecule has 0 aliphatic carbocycles. The Bertz CT molecular complexity index is 961. The van der Waals surface area contributed by atoms with E-state index in [1.165, 1.54) is 0 Å². The van der Waals surface area contributed by atoms with Crippen molar-refractivity contribution in [3.63, 3.8) is 0 Å². The Labute approximate surface area is 171 Å². The number of aromatic nitrogens is 4. The van der Waals surface area contributed by atoms with Crippen molar-refractivity contribution >= 4 is 5.97 Å². The standard InChI is InChI=1S/C23H28N4O2/c1-4-5-10-21-25-22(16(2)3)26-27(21)14-13-17-11-12-20(24-15-17)18-8-6-7-9-19(18)23(28)29/h6-9,11-12,15-16H,4-5,10,13-14H2,1-3H3,(H,28,29). The van der Waals surface area contributed by atoms with Gasteiger partial charge in [0.15, 0.2) is 5.82 Å². The van der Waals surface area contributed by atoms with Gasteiger partial charge in [-0.05, 0) is 30.5 Å². The van der Waals surface area contributed by atoms with Crippen molar-refractivity contribution in [3.8, 4) is 11.3 Å². The number of aryl methyl sites for hydroxylation is 3. The van der Waals surface area contributed by atoms with Crippen molar-refractivity contribution in [3.05, 3.63) is 65.4 Å². The van der Waals surface area contributed by atoms with Crippen molar-refractivity contribution in [1.29, 1.82) is 0 Å². The molecule has 0 saturated carbocycles. The van der Waals surface area contributed by atoms with Crippen molar-refractivity contribution in [1.82, 2.24) is 19.7 Å². The molecule has 0 aliphatic heterocycles. The molecule has 0 spiro atoms. The summed E-state index contributed by atoms with van der Waals surface area (Å²) in [5, 5.41) is 14.1. The molecular weight excluding hydrogens is 364 g/mol. The molecule has 6 heteroatoms. The molecule has 1 aromatic carbocycles. The Balaban J connectivity index is 1.74. The van der Waals surface area contributed by atoms with E-state index in [1.54, 1.807) is 18.2 Å². The Morgan fingerprint density at radius 2 is 1.93 bits per heavy atom. The summed E-state index contributed by atoms with van der Waals surface area (Å²) in [7, 11) is 0. The van der Waals surface area contributed by atoms with E-state index in [0.29, 0.717) is 17.2 Å². The van der Waals surface area contributed by atoms with Gasteiger partial charge in [0.1, 0.15) is 5.82 Å². The predicted octanol–water partition coefficient (Wildman–Crippen LogP) is 4.75. The van der Waals surface area contributed by atoms with Gasteiger partial charge < -0.3 is 5.11 Å². The van der Waals surface area contributed by atoms with Gasteiger partial charge in [-0.1, -0.05) is 51.5 Å². The van der Waals surface area contributed by atoms with Gasteiger partial charge in [0.25, 0.3) is 0 Å². The van der Waals surface area contributed by atoms with E-state index in [1.807, 2.05) is 29.1 Å². The molecule has 29 heavy (non-hydrogen) atoms. The van der Waals surface area contributed by atoms with E-state index in [4.69, 9.17) is 10.1 Å². The van der Waals surface area contributed by atoms with Crippen molar-refractivity contribution in [2.45, 2.75) is 58.9 Å². The number of aromatic carboxylic acids is 1. The van der Waals surface area contributed by atoms with Gasteiger partial charge in [-0.15, -0.1) is 0 Å². The minimum atomic E-state index is -0.946. The number of unbranched alkanes of at least 4 members (excludes halogenated alkanes) is 1. The molecule has 0 bridgehead atoms. The first kappa shape index (κ1) is 20.7. The summed E-state index contributed by atoms with van der Waals surface area (Å²) in [5.74, 6) is 1.32. The van der Waals surface area contributed by atoms with E-state index in [9.17, 15) is 9.90 Å². The lowest BCUT2D eigenvalue weighted by molar-refractivity contribution is 0.0697. The molecule has 6 nitrogen and oxygen atoms in total. The first-order chi connectivity index (χ1) is 14.0. The van der Waals surface area contributed by atoms with Gasteiger partial charge in [-0.25, -0.2) is 14.5 Å². The number of rotatable bonds is 9. The van der Waals surface area contributed by atoms with Crippen molar-refractivity contribution < 1.29 is 9.90 Å². The van der Waals surface area contributed by atoms with Crippen LogP contribution in [0.4, 0.5) is 0 Å². The van der Waals surface area contributed by atoms with Gasteiger partial charge in [-0.2, -0.15) is 5.10 Å². The molecule has 152 valence electrons. The summed E-state index contributed by atoms with van der Waals surface area (Å²) in [5.41, 5.74) is 2.64. The Morgan fingerprint density at radius 3 is 2.59 bits per heavy atom. The molecule has 2 aromatic heterocycles. The van der Waals surface area contributed by atoms with Crippen LogP contribution in [0.5, 0.6) is 0 Å². The van der Waals surface area contributed by atoms with E-state index in [0.717, 1.165) is 49.4 Å². The largest absolute Gasteiger partial charge is 0.478 e. The number of carbonyl (C=O) groups is 1. The molecule has 0 aliphatic rings. The van der Waals surface area contributed by atoms with Gasteiger partial charge in [0.2, 0.25) is 0 Å². The normalized spacial score (nSPS) is 11.2. The maximum atomic E-state index is 11.4. The average molecular weight is 393 g/mol.